The summed E-state index contributed by atoms with van der Waals surface area (Å²) in [5, 5.41) is 12.4. The number of likely N-dealkylation sites (tertiary alicyclic amines) is 2. The number of nitrogens with zero attached hydrogens (tertiary/aromatic N) is 6. The highest BCUT2D eigenvalue weighted by Gasteiger charge is 2.40. The van der Waals surface area contributed by atoms with Crippen molar-refractivity contribution in [1.29, 1.82) is 0 Å². The van der Waals surface area contributed by atoms with Gasteiger partial charge >= 0.3 is 5.97 Å². The summed E-state index contributed by atoms with van der Waals surface area (Å²) < 4.78 is 3.94. The Morgan fingerprint density at radius 3 is 2.43 bits per heavy atom. The van der Waals surface area contributed by atoms with Gasteiger partial charge < -0.3 is 29.4 Å². The van der Waals surface area contributed by atoms with Gasteiger partial charge in [-0.25, -0.2) is 9.97 Å². The van der Waals surface area contributed by atoms with E-state index in [0.717, 1.165) is 43.5 Å². The average molecular weight is 486 g/mol. The maximum Gasteiger partial charge on any atom is 0.323 e. The molecule has 2 aromatic rings. The summed E-state index contributed by atoms with van der Waals surface area (Å²) in [7, 11) is 0. The minimum absolute atomic E-state index is 0.0594. The van der Waals surface area contributed by atoms with Crippen LogP contribution in [0, 0.1) is 11.3 Å². The van der Waals surface area contributed by atoms with E-state index in [2.05, 4.69) is 49.7 Å². The molecule has 0 atom stereocenters. The second kappa shape index (κ2) is 12.1. The highest BCUT2D eigenvalue weighted by atomic mass is 16.4. The van der Waals surface area contributed by atoms with E-state index < -0.39 is 5.97 Å². The number of aromatic nitrogens is 4. The number of carboxylic acids is 1. The second-order valence-electron chi connectivity index (χ2n) is 10.9. The van der Waals surface area contributed by atoms with Crippen LogP contribution in [0.5, 0.6) is 0 Å². The smallest absolute Gasteiger partial charge is 0.323 e. The molecule has 9 nitrogen and oxygen atoms in total. The summed E-state index contributed by atoms with van der Waals surface area (Å²) >= 11 is 0. The van der Waals surface area contributed by atoms with Crippen LogP contribution in [0.25, 0.3) is 0 Å². The molecule has 9 heteroatoms. The fourth-order valence-corrected chi connectivity index (χ4v) is 5.79. The quantitative estimate of drug-likeness (QED) is 0.421. The van der Waals surface area contributed by atoms with Crippen LogP contribution in [0.2, 0.25) is 0 Å². The number of carbonyl (C=O) groups is 1. The third kappa shape index (κ3) is 7.38. The minimum atomic E-state index is -0.859. The Balaban J connectivity index is 1.14. The van der Waals surface area contributed by atoms with Crippen LogP contribution in [-0.4, -0.2) is 85.8 Å². The number of piperidine rings is 1. The van der Waals surface area contributed by atoms with E-state index in [-0.39, 0.29) is 6.54 Å². The van der Waals surface area contributed by atoms with Gasteiger partial charge in [0.2, 0.25) is 0 Å². The molecule has 1 spiro atoms. The molecule has 2 N–H and O–H groups in total. The van der Waals surface area contributed by atoms with E-state index in [4.69, 9.17) is 5.11 Å². The molecule has 2 fully saturated rings. The first kappa shape index (κ1) is 25.9. The third-order valence-electron chi connectivity index (χ3n) is 7.65. The topological polar surface area (TPSA) is 91.5 Å². The van der Waals surface area contributed by atoms with E-state index in [9.17, 15) is 4.79 Å². The standard InChI is InChI=1S/C26H43N7O2/c1-22(2)19-30-13-5-26(6-14-30)7-15-31(21-26)11-3-12-32-16-9-28-23(32)4-8-27-18-24-29-10-17-33(24)20-25(34)35/h9-10,16-17,22,27H,3-8,11-15,18-21H2,1-2H3,(H,34,35). The predicted octanol–water partition coefficient (Wildman–Crippen LogP) is 2.33. The van der Waals surface area contributed by atoms with Gasteiger partial charge in [0.05, 0.1) is 6.54 Å². The molecule has 0 aliphatic carbocycles. The number of nitrogens with one attached hydrogen (secondary N) is 1. The molecule has 2 aliphatic heterocycles. The summed E-state index contributed by atoms with van der Waals surface area (Å²) in [5.41, 5.74) is 0.568. The number of hydrogen-bond donors (Lipinski definition) is 2. The van der Waals surface area contributed by atoms with E-state index >= 15 is 0 Å². The first-order valence-electron chi connectivity index (χ1n) is 13.3. The third-order valence-corrected chi connectivity index (χ3v) is 7.65. The molecule has 2 aliphatic rings. The number of aliphatic carboxylic acids is 1. The largest absolute Gasteiger partial charge is 0.480 e. The number of aryl methyl sites for hydroxylation is 1. The number of carboxylic acid groups (broad SMARTS) is 1. The van der Waals surface area contributed by atoms with E-state index in [1.54, 1.807) is 17.0 Å². The summed E-state index contributed by atoms with van der Waals surface area (Å²) in [5.74, 6) is 1.75. The van der Waals surface area contributed by atoms with Crippen molar-refractivity contribution >= 4 is 5.97 Å². The molecular formula is C26H43N7O2. The van der Waals surface area contributed by atoms with Crippen LogP contribution in [0.4, 0.5) is 0 Å². The SMILES string of the molecule is CC(C)CN1CCC2(CC1)CCN(CCCn1ccnc1CCNCc1nccn1CC(=O)O)C2. The molecule has 4 rings (SSSR count). The fraction of sp³-hybridized carbons (Fsp3) is 0.731. The van der Waals surface area contributed by atoms with Gasteiger partial charge in [-0.05, 0) is 63.2 Å². The summed E-state index contributed by atoms with van der Waals surface area (Å²) in [4.78, 5) is 25.1. The molecule has 4 heterocycles. The lowest BCUT2D eigenvalue weighted by Crippen LogP contribution is -2.42. The Hall–Kier alpha value is -2.23. The Morgan fingerprint density at radius 1 is 1.03 bits per heavy atom. The normalized spacial score (nSPS) is 18.7. The Kier molecular flexibility index (Phi) is 8.97. The molecule has 0 aromatic carbocycles. The molecule has 0 saturated carbocycles. The first-order valence-corrected chi connectivity index (χ1v) is 13.3. The summed E-state index contributed by atoms with van der Waals surface area (Å²) in [6.07, 6.45) is 13.4. The molecule has 0 radical (unpaired) electrons. The molecule has 2 saturated heterocycles. The second-order valence-corrected chi connectivity index (χ2v) is 10.9. The maximum atomic E-state index is 10.9. The zero-order chi connectivity index (χ0) is 24.7. The van der Waals surface area contributed by atoms with E-state index in [1.165, 1.54) is 58.5 Å². The van der Waals surface area contributed by atoms with E-state index in [0.29, 0.717) is 12.0 Å². The molecule has 194 valence electrons. The van der Waals surface area contributed by atoms with Crippen LogP contribution in [0.1, 0.15) is 51.2 Å². The van der Waals surface area contributed by atoms with Gasteiger partial charge in [-0.15, -0.1) is 0 Å². The zero-order valence-corrected chi connectivity index (χ0v) is 21.5. The van der Waals surface area contributed by atoms with E-state index in [1.807, 2.05) is 6.20 Å². The van der Waals surface area contributed by atoms with Gasteiger partial charge in [0.15, 0.2) is 0 Å². The van der Waals surface area contributed by atoms with Crippen molar-refractivity contribution in [1.82, 2.24) is 34.2 Å². The Labute approximate surface area is 209 Å². The maximum absolute atomic E-state index is 10.9. The first-order chi connectivity index (χ1) is 16.9. The van der Waals surface area contributed by atoms with Gasteiger partial charge in [0.25, 0.3) is 0 Å². The summed E-state index contributed by atoms with van der Waals surface area (Å²) in [6.45, 7) is 14.4. The number of imidazole rings is 2. The van der Waals surface area contributed by atoms with Gasteiger partial charge in [-0.3, -0.25) is 4.79 Å². The molecule has 2 aromatic heterocycles. The zero-order valence-electron chi connectivity index (χ0n) is 21.5. The van der Waals surface area contributed by atoms with Crippen LogP contribution in [0.3, 0.4) is 0 Å². The summed E-state index contributed by atoms with van der Waals surface area (Å²) in [6, 6.07) is 0. The van der Waals surface area contributed by atoms with Crippen molar-refractivity contribution < 1.29 is 9.90 Å². The minimum Gasteiger partial charge on any atom is -0.480 e. The van der Waals surface area contributed by atoms with Gasteiger partial charge in [0.1, 0.15) is 18.2 Å². The van der Waals surface area contributed by atoms with Crippen LogP contribution in [-0.2, 0) is 30.8 Å². The molecular weight excluding hydrogens is 442 g/mol. The molecule has 0 bridgehead atoms. The molecule has 35 heavy (non-hydrogen) atoms. The lowest BCUT2D eigenvalue weighted by molar-refractivity contribution is -0.137. The highest BCUT2D eigenvalue weighted by molar-refractivity contribution is 5.66. The van der Waals surface area contributed by atoms with Crippen molar-refractivity contribution in [3.05, 3.63) is 36.4 Å². The highest BCUT2D eigenvalue weighted by Crippen LogP contribution is 2.40. The molecule has 0 unspecified atom stereocenters. The Bertz CT molecular complexity index is 930. The van der Waals surface area contributed by atoms with Gasteiger partial charge in [-0.1, -0.05) is 13.8 Å². The average Bonchev–Trinajstić information content (AvgIpc) is 3.54. The number of rotatable bonds is 13. The van der Waals surface area contributed by atoms with Crippen molar-refractivity contribution in [3.8, 4) is 0 Å². The predicted molar refractivity (Wildman–Crippen MR) is 136 cm³/mol. The fourth-order valence-electron chi connectivity index (χ4n) is 5.79. The van der Waals surface area contributed by atoms with Crippen LogP contribution < -0.4 is 5.32 Å². The Morgan fingerprint density at radius 2 is 1.71 bits per heavy atom. The van der Waals surface area contributed by atoms with Crippen molar-refractivity contribution in [2.24, 2.45) is 11.3 Å². The monoisotopic (exact) mass is 485 g/mol. The van der Waals surface area contributed by atoms with Crippen molar-refractivity contribution in [3.63, 3.8) is 0 Å². The van der Waals surface area contributed by atoms with Crippen molar-refractivity contribution in [2.75, 3.05) is 45.8 Å². The van der Waals surface area contributed by atoms with Gasteiger partial charge in [0, 0.05) is 57.4 Å². The van der Waals surface area contributed by atoms with Crippen LogP contribution >= 0.6 is 0 Å². The number of hydrogen-bond acceptors (Lipinski definition) is 6. The lowest BCUT2D eigenvalue weighted by atomic mass is 9.77. The van der Waals surface area contributed by atoms with Crippen LogP contribution in [0.15, 0.2) is 24.8 Å². The van der Waals surface area contributed by atoms with Gasteiger partial charge in [-0.2, -0.15) is 0 Å². The lowest BCUT2D eigenvalue weighted by Gasteiger charge is -2.40. The van der Waals surface area contributed by atoms with Crippen molar-refractivity contribution in [2.45, 2.75) is 65.6 Å². The molecule has 0 amide bonds.